The number of aliphatic hydroxyl groups is 1. The second-order valence-electron chi connectivity index (χ2n) is 12.3. The molecule has 1 unspecified atom stereocenters. The van der Waals surface area contributed by atoms with E-state index in [1.807, 2.05) is 94.5 Å². The van der Waals surface area contributed by atoms with Crippen molar-refractivity contribution in [2.45, 2.75) is 57.4 Å². The van der Waals surface area contributed by atoms with Crippen LogP contribution in [0.25, 0.3) is 0 Å². The number of hydrogen-bond acceptors (Lipinski definition) is 5. The molecular formula is C34H38ClN3O5. The minimum absolute atomic E-state index is 0.114. The van der Waals surface area contributed by atoms with Gasteiger partial charge in [-0.25, -0.2) is 0 Å². The molecule has 7 atom stereocenters. The van der Waals surface area contributed by atoms with E-state index in [4.69, 9.17) is 16.3 Å². The number of likely N-dealkylation sites (tertiary alicyclic amines) is 1. The van der Waals surface area contributed by atoms with Crippen LogP contribution in [0, 0.1) is 24.7 Å². The number of carbonyl (C=O) groups excluding carboxylic acids is 3. The van der Waals surface area contributed by atoms with Crippen molar-refractivity contribution >= 4 is 40.7 Å². The number of aryl methyl sites for hydroxylation is 1. The second kappa shape index (κ2) is 10.9. The summed E-state index contributed by atoms with van der Waals surface area (Å²) < 4.78 is 6.96. The number of rotatable bonds is 6. The monoisotopic (exact) mass is 603 g/mol. The van der Waals surface area contributed by atoms with Crippen LogP contribution in [0.5, 0.6) is 0 Å². The van der Waals surface area contributed by atoms with Crippen molar-refractivity contribution in [3.05, 3.63) is 83.4 Å². The molecule has 2 aromatic rings. The van der Waals surface area contributed by atoms with Gasteiger partial charge in [-0.05, 0) is 43.5 Å². The van der Waals surface area contributed by atoms with Gasteiger partial charge in [0.1, 0.15) is 11.6 Å². The molecule has 6 rings (SSSR count). The normalized spacial score (nSPS) is 31.4. The number of benzene rings is 2. The number of anilines is 2. The SMILES string of the molecule is CC[C@H](C)[C@H](CO)N1C(=O)[C@@H]2[C@@H]3C(=O)N(c4ccccc4)CC=C[C@]3(C)O[C@@]23C=CCN(c2c(C)cccc2Cl)C(=O)C13. The second-order valence-corrected chi connectivity index (χ2v) is 12.7. The maximum atomic E-state index is 14.9. The van der Waals surface area contributed by atoms with E-state index < -0.39 is 35.1 Å². The van der Waals surface area contributed by atoms with Crippen LogP contribution < -0.4 is 9.80 Å². The van der Waals surface area contributed by atoms with E-state index in [2.05, 4.69) is 0 Å². The highest BCUT2D eigenvalue weighted by Crippen LogP contribution is 2.58. The Labute approximate surface area is 257 Å². The summed E-state index contributed by atoms with van der Waals surface area (Å²) in [5.74, 6) is -2.93. The van der Waals surface area contributed by atoms with Gasteiger partial charge in [0.2, 0.25) is 11.8 Å². The predicted octanol–water partition coefficient (Wildman–Crippen LogP) is 4.53. The first-order valence-corrected chi connectivity index (χ1v) is 15.4. The van der Waals surface area contributed by atoms with Crippen LogP contribution in [0.2, 0.25) is 5.02 Å². The smallest absolute Gasteiger partial charge is 0.253 e. The zero-order chi connectivity index (χ0) is 30.7. The number of fused-ring (bicyclic) bond motifs is 2. The summed E-state index contributed by atoms with van der Waals surface area (Å²) in [5.41, 5.74) is -0.462. The van der Waals surface area contributed by atoms with E-state index in [1.165, 1.54) is 4.90 Å². The van der Waals surface area contributed by atoms with E-state index in [-0.39, 0.29) is 36.8 Å². The maximum absolute atomic E-state index is 14.9. The van der Waals surface area contributed by atoms with Gasteiger partial charge in [-0.3, -0.25) is 14.4 Å². The molecule has 4 aliphatic heterocycles. The van der Waals surface area contributed by atoms with Gasteiger partial charge in [0, 0.05) is 18.8 Å². The number of aliphatic hydroxyl groups excluding tert-OH is 1. The summed E-state index contributed by atoms with van der Waals surface area (Å²) in [4.78, 5) is 49.0. The Morgan fingerprint density at radius 2 is 1.65 bits per heavy atom. The van der Waals surface area contributed by atoms with Gasteiger partial charge in [0.25, 0.3) is 5.91 Å². The molecule has 3 amide bonds. The first kappa shape index (κ1) is 29.6. The van der Waals surface area contributed by atoms with Crippen LogP contribution in [0.4, 0.5) is 11.4 Å². The van der Waals surface area contributed by atoms with Crippen LogP contribution in [0.3, 0.4) is 0 Å². The number of halogens is 1. The van der Waals surface area contributed by atoms with E-state index in [1.54, 1.807) is 15.9 Å². The molecule has 4 aliphatic rings. The van der Waals surface area contributed by atoms with Gasteiger partial charge >= 0.3 is 0 Å². The van der Waals surface area contributed by atoms with Crippen LogP contribution in [0.1, 0.15) is 32.8 Å². The van der Waals surface area contributed by atoms with Gasteiger partial charge in [-0.15, -0.1) is 0 Å². The van der Waals surface area contributed by atoms with Gasteiger partial charge in [0.15, 0.2) is 0 Å². The number of amides is 3. The Hall–Kier alpha value is -3.46. The molecule has 0 bridgehead atoms. The van der Waals surface area contributed by atoms with E-state index >= 15 is 0 Å². The fraction of sp³-hybridized carbons (Fsp3) is 0.441. The molecule has 0 radical (unpaired) electrons. The lowest BCUT2D eigenvalue weighted by Crippen LogP contribution is -2.60. The molecule has 226 valence electrons. The van der Waals surface area contributed by atoms with Crippen molar-refractivity contribution in [1.82, 2.24) is 4.90 Å². The molecule has 43 heavy (non-hydrogen) atoms. The average Bonchev–Trinajstić information content (AvgIpc) is 3.26. The first-order valence-electron chi connectivity index (χ1n) is 15.0. The van der Waals surface area contributed by atoms with Crippen LogP contribution in [-0.4, -0.2) is 70.7 Å². The fourth-order valence-electron chi connectivity index (χ4n) is 7.64. The molecule has 4 heterocycles. The summed E-state index contributed by atoms with van der Waals surface area (Å²) >= 11 is 6.67. The standard InChI is InChI=1S/C34H38ClN3O5/c1-5-21(2)25(20-39)38-29-32(42)37(28-22(3)12-9-15-24(28)35)19-11-17-34(29)27(31(38)41)26-30(40)36(23-13-7-6-8-14-23)18-10-16-33(26,4)43-34/h6-17,21,25-27,29,39H,5,18-20H2,1-4H3/t21-,25-,26+,27-,29?,33-,34-/m0/s1. The third-order valence-electron chi connectivity index (χ3n) is 9.87. The summed E-state index contributed by atoms with van der Waals surface area (Å²) in [6.45, 7) is 7.90. The highest BCUT2D eigenvalue weighted by molar-refractivity contribution is 6.34. The quantitative estimate of drug-likeness (QED) is 0.490. The van der Waals surface area contributed by atoms with Gasteiger partial charge in [-0.1, -0.05) is 86.5 Å². The third kappa shape index (κ3) is 4.37. The number of ether oxygens (including phenoxy) is 1. The molecule has 1 N–H and O–H groups in total. The Kier molecular flexibility index (Phi) is 7.51. The molecule has 1 spiro atoms. The Bertz CT molecular complexity index is 1490. The molecule has 0 aliphatic carbocycles. The zero-order valence-corrected chi connectivity index (χ0v) is 25.7. The lowest BCUT2D eigenvalue weighted by Gasteiger charge is -2.41. The minimum Gasteiger partial charge on any atom is -0.394 e. The van der Waals surface area contributed by atoms with Crippen molar-refractivity contribution < 1.29 is 24.2 Å². The Balaban J connectivity index is 1.53. The van der Waals surface area contributed by atoms with Crippen LogP contribution >= 0.6 is 11.6 Å². The Morgan fingerprint density at radius 3 is 2.33 bits per heavy atom. The molecule has 9 heteroatoms. The summed E-state index contributed by atoms with van der Waals surface area (Å²) in [6.07, 6.45) is 8.12. The Morgan fingerprint density at radius 1 is 0.953 bits per heavy atom. The molecule has 2 aromatic carbocycles. The molecule has 2 saturated heterocycles. The predicted molar refractivity (Wildman–Crippen MR) is 166 cm³/mol. The maximum Gasteiger partial charge on any atom is 0.253 e. The van der Waals surface area contributed by atoms with Crippen molar-refractivity contribution in [2.24, 2.45) is 17.8 Å². The first-order chi connectivity index (χ1) is 20.6. The molecular weight excluding hydrogens is 566 g/mol. The lowest BCUT2D eigenvalue weighted by atomic mass is 9.74. The minimum atomic E-state index is -1.43. The third-order valence-corrected chi connectivity index (χ3v) is 10.2. The van der Waals surface area contributed by atoms with Crippen molar-refractivity contribution in [3.8, 4) is 0 Å². The van der Waals surface area contributed by atoms with Gasteiger partial charge < -0.3 is 24.5 Å². The highest BCUT2D eigenvalue weighted by Gasteiger charge is 2.75. The summed E-state index contributed by atoms with van der Waals surface area (Å²) in [5, 5.41) is 11.1. The molecule has 2 fully saturated rings. The van der Waals surface area contributed by atoms with E-state index in [0.29, 0.717) is 23.7 Å². The van der Waals surface area contributed by atoms with Crippen molar-refractivity contribution in [2.75, 3.05) is 29.5 Å². The number of hydrogen-bond donors (Lipinski definition) is 1. The van der Waals surface area contributed by atoms with E-state index in [9.17, 15) is 19.5 Å². The average molecular weight is 604 g/mol. The van der Waals surface area contributed by atoms with E-state index in [0.717, 1.165) is 11.3 Å². The number of para-hydroxylation sites is 2. The molecule has 8 nitrogen and oxygen atoms in total. The largest absolute Gasteiger partial charge is 0.394 e. The van der Waals surface area contributed by atoms with Crippen LogP contribution in [-0.2, 0) is 19.1 Å². The summed E-state index contributed by atoms with van der Waals surface area (Å²) in [6, 6.07) is 13.1. The number of nitrogens with zero attached hydrogens (tertiary/aromatic N) is 3. The summed E-state index contributed by atoms with van der Waals surface area (Å²) in [7, 11) is 0. The number of carbonyl (C=O) groups is 3. The fourth-order valence-corrected chi connectivity index (χ4v) is 7.96. The zero-order valence-electron chi connectivity index (χ0n) is 24.9. The molecule has 0 saturated carbocycles. The van der Waals surface area contributed by atoms with Gasteiger partial charge in [-0.2, -0.15) is 0 Å². The van der Waals surface area contributed by atoms with Crippen molar-refractivity contribution in [1.29, 1.82) is 0 Å². The van der Waals surface area contributed by atoms with Gasteiger partial charge in [0.05, 0.1) is 40.8 Å². The lowest BCUT2D eigenvalue weighted by molar-refractivity contribution is -0.149. The molecule has 0 aromatic heterocycles. The topological polar surface area (TPSA) is 90.4 Å². The van der Waals surface area contributed by atoms with Crippen LogP contribution in [0.15, 0.2) is 72.8 Å². The highest BCUT2D eigenvalue weighted by atomic mass is 35.5. The van der Waals surface area contributed by atoms with Crippen molar-refractivity contribution in [3.63, 3.8) is 0 Å².